The standard InChI is InChI=1S/C12H16ClFN2O3S/c1-3-4-16(5-6-19-2)20(17,18)11-8-9(13)7-10(15)12(11)14/h3,7-8H,1,4-6,15H2,2H3. The van der Waals surface area contributed by atoms with Crippen molar-refractivity contribution in [1.82, 2.24) is 4.31 Å². The number of hydrogen-bond acceptors (Lipinski definition) is 4. The number of sulfonamides is 1. The van der Waals surface area contributed by atoms with Gasteiger partial charge in [0.1, 0.15) is 4.90 Å². The Hall–Kier alpha value is -1.15. The average molecular weight is 323 g/mol. The summed E-state index contributed by atoms with van der Waals surface area (Å²) in [5.41, 5.74) is 5.09. The van der Waals surface area contributed by atoms with Gasteiger partial charge in [-0.15, -0.1) is 6.58 Å². The Morgan fingerprint density at radius 2 is 2.20 bits per heavy atom. The molecular formula is C12H16ClFN2O3S. The van der Waals surface area contributed by atoms with Gasteiger partial charge in [0.2, 0.25) is 10.0 Å². The van der Waals surface area contributed by atoms with Crippen LogP contribution in [0.25, 0.3) is 0 Å². The highest BCUT2D eigenvalue weighted by Gasteiger charge is 2.28. The molecule has 1 rings (SSSR count). The van der Waals surface area contributed by atoms with E-state index in [4.69, 9.17) is 22.1 Å². The largest absolute Gasteiger partial charge is 0.396 e. The van der Waals surface area contributed by atoms with Gasteiger partial charge in [-0.05, 0) is 12.1 Å². The lowest BCUT2D eigenvalue weighted by Crippen LogP contribution is -2.34. The molecule has 0 fully saturated rings. The van der Waals surface area contributed by atoms with Gasteiger partial charge in [-0.2, -0.15) is 4.31 Å². The van der Waals surface area contributed by atoms with Crippen LogP contribution in [0, 0.1) is 5.82 Å². The minimum atomic E-state index is -4.07. The first-order valence-electron chi connectivity index (χ1n) is 5.69. The first-order chi connectivity index (χ1) is 9.34. The molecule has 8 heteroatoms. The van der Waals surface area contributed by atoms with Crippen molar-refractivity contribution in [2.24, 2.45) is 0 Å². The third-order valence-electron chi connectivity index (χ3n) is 2.53. The molecule has 0 aliphatic heterocycles. The van der Waals surface area contributed by atoms with Crippen molar-refractivity contribution >= 4 is 27.3 Å². The normalized spacial score (nSPS) is 11.8. The van der Waals surface area contributed by atoms with Crippen LogP contribution in [0.2, 0.25) is 5.02 Å². The van der Waals surface area contributed by atoms with Crippen LogP contribution in [-0.4, -0.2) is 39.5 Å². The minimum Gasteiger partial charge on any atom is -0.396 e. The number of halogens is 2. The first kappa shape index (κ1) is 16.9. The number of nitrogens with two attached hydrogens (primary N) is 1. The number of ether oxygens (including phenoxy) is 1. The van der Waals surface area contributed by atoms with Crippen LogP contribution in [-0.2, 0) is 14.8 Å². The van der Waals surface area contributed by atoms with Crippen molar-refractivity contribution < 1.29 is 17.5 Å². The molecule has 20 heavy (non-hydrogen) atoms. The van der Waals surface area contributed by atoms with Gasteiger partial charge in [-0.1, -0.05) is 17.7 Å². The molecule has 1 aromatic carbocycles. The van der Waals surface area contributed by atoms with Gasteiger partial charge in [0.05, 0.1) is 12.3 Å². The summed E-state index contributed by atoms with van der Waals surface area (Å²) in [4.78, 5) is -0.555. The second-order valence-corrected chi connectivity index (χ2v) is 6.29. The van der Waals surface area contributed by atoms with E-state index in [1.807, 2.05) is 0 Å². The molecule has 1 aromatic rings. The Kier molecular flexibility index (Phi) is 5.94. The van der Waals surface area contributed by atoms with E-state index >= 15 is 0 Å². The predicted octanol–water partition coefficient (Wildman–Crippen LogP) is 1.88. The van der Waals surface area contributed by atoms with Crippen LogP contribution >= 0.6 is 11.6 Å². The predicted molar refractivity (Wildman–Crippen MR) is 76.7 cm³/mol. The Balaban J connectivity index is 3.28. The summed E-state index contributed by atoms with van der Waals surface area (Å²) in [5.74, 6) is -1.01. The van der Waals surface area contributed by atoms with Gasteiger partial charge in [-0.25, -0.2) is 12.8 Å². The fourth-order valence-corrected chi connectivity index (χ4v) is 3.36. The van der Waals surface area contributed by atoms with Crippen molar-refractivity contribution in [1.29, 1.82) is 0 Å². The Bertz CT molecular complexity index is 593. The Morgan fingerprint density at radius 1 is 1.55 bits per heavy atom. The van der Waals surface area contributed by atoms with Gasteiger partial charge in [0.25, 0.3) is 0 Å². The van der Waals surface area contributed by atoms with Crippen LogP contribution in [0.3, 0.4) is 0 Å². The molecule has 0 radical (unpaired) electrons. The average Bonchev–Trinajstić information content (AvgIpc) is 2.38. The summed E-state index contributed by atoms with van der Waals surface area (Å²) in [5, 5.41) is 0.0489. The van der Waals surface area contributed by atoms with E-state index in [9.17, 15) is 12.8 Å². The zero-order valence-electron chi connectivity index (χ0n) is 11.0. The molecule has 0 unspecified atom stereocenters. The summed E-state index contributed by atoms with van der Waals surface area (Å²) in [7, 11) is -2.63. The summed E-state index contributed by atoms with van der Waals surface area (Å²) < 4.78 is 44.7. The number of rotatable bonds is 7. The van der Waals surface area contributed by atoms with E-state index in [2.05, 4.69) is 6.58 Å². The fraction of sp³-hybridized carbons (Fsp3) is 0.333. The molecule has 0 spiro atoms. The second-order valence-electron chi connectivity index (χ2n) is 3.95. The molecule has 112 valence electrons. The van der Waals surface area contributed by atoms with Crippen molar-refractivity contribution in [3.05, 3.63) is 35.6 Å². The fourth-order valence-electron chi connectivity index (χ4n) is 1.56. The highest BCUT2D eigenvalue weighted by atomic mass is 35.5. The van der Waals surface area contributed by atoms with E-state index in [-0.39, 0.29) is 30.4 Å². The van der Waals surface area contributed by atoms with Gasteiger partial charge >= 0.3 is 0 Å². The Morgan fingerprint density at radius 3 is 2.75 bits per heavy atom. The lowest BCUT2D eigenvalue weighted by atomic mass is 10.3. The third kappa shape index (κ3) is 3.69. The van der Waals surface area contributed by atoms with Crippen molar-refractivity contribution in [3.8, 4) is 0 Å². The lowest BCUT2D eigenvalue weighted by molar-refractivity contribution is 0.182. The Labute approximate surface area is 122 Å². The van der Waals surface area contributed by atoms with Gasteiger partial charge in [0, 0.05) is 25.2 Å². The molecule has 0 saturated heterocycles. The molecule has 0 amide bonds. The molecular weight excluding hydrogens is 307 g/mol. The first-order valence-corrected chi connectivity index (χ1v) is 7.51. The second kappa shape index (κ2) is 7.03. The van der Waals surface area contributed by atoms with Crippen LogP contribution in [0.1, 0.15) is 0 Å². The molecule has 2 N–H and O–H groups in total. The third-order valence-corrected chi connectivity index (χ3v) is 4.61. The van der Waals surface area contributed by atoms with Gasteiger partial charge in [0.15, 0.2) is 5.82 Å². The van der Waals surface area contributed by atoms with E-state index in [0.29, 0.717) is 0 Å². The summed E-state index contributed by atoms with van der Waals surface area (Å²) in [6.07, 6.45) is 1.40. The van der Waals surface area contributed by atoms with E-state index in [1.54, 1.807) is 0 Å². The summed E-state index contributed by atoms with van der Waals surface area (Å²) >= 11 is 5.74. The molecule has 0 heterocycles. The summed E-state index contributed by atoms with van der Waals surface area (Å²) in [6.45, 7) is 3.74. The topological polar surface area (TPSA) is 72.6 Å². The SMILES string of the molecule is C=CCN(CCOC)S(=O)(=O)c1cc(Cl)cc(N)c1F. The van der Waals surface area contributed by atoms with E-state index < -0.39 is 20.7 Å². The van der Waals surface area contributed by atoms with Crippen molar-refractivity contribution in [2.75, 3.05) is 32.5 Å². The maximum atomic E-state index is 14.0. The number of nitrogens with zero attached hydrogens (tertiary/aromatic N) is 1. The molecule has 0 aromatic heterocycles. The molecule has 5 nitrogen and oxygen atoms in total. The lowest BCUT2D eigenvalue weighted by Gasteiger charge is -2.21. The monoisotopic (exact) mass is 322 g/mol. The van der Waals surface area contributed by atoms with Crippen molar-refractivity contribution in [2.45, 2.75) is 4.90 Å². The zero-order valence-corrected chi connectivity index (χ0v) is 12.5. The number of benzene rings is 1. The maximum Gasteiger partial charge on any atom is 0.246 e. The number of hydrogen-bond donors (Lipinski definition) is 1. The highest BCUT2D eigenvalue weighted by Crippen LogP contribution is 2.27. The molecule has 0 bridgehead atoms. The molecule has 0 aliphatic carbocycles. The van der Waals surface area contributed by atoms with Crippen LogP contribution in [0.5, 0.6) is 0 Å². The van der Waals surface area contributed by atoms with E-state index in [0.717, 1.165) is 16.4 Å². The zero-order chi connectivity index (χ0) is 15.3. The van der Waals surface area contributed by atoms with Gasteiger partial charge < -0.3 is 10.5 Å². The summed E-state index contributed by atoms with van der Waals surface area (Å²) in [6, 6.07) is 2.19. The van der Waals surface area contributed by atoms with Crippen molar-refractivity contribution in [3.63, 3.8) is 0 Å². The molecule has 0 aliphatic rings. The quantitative estimate of drug-likeness (QED) is 0.614. The van der Waals surface area contributed by atoms with Crippen LogP contribution < -0.4 is 5.73 Å². The highest BCUT2D eigenvalue weighted by molar-refractivity contribution is 7.89. The molecule has 0 atom stereocenters. The minimum absolute atomic E-state index is 0.0253. The van der Waals surface area contributed by atoms with Crippen LogP contribution in [0.15, 0.2) is 29.7 Å². The molecule has 0 saturated carbocycles. The number of methoxy groups -OCH3 is 1. The number of nitrogen functional groups attached to an aromatic ring is 1. The van der Waals surface area contributed by atoms with Crippen LogP contribution in [0.4, 0.5) is 10.1 Å². The van der Waals surface area contributed by atoms with Gasteiger partial charge in [-0.3, -0.25) is 0 Å². The van der Waals surface area contributed by atoms with E-state index in [1.165, 1.54) is 13.2 Å². The smallest absolute Gasteiger partial charge is 0.246 e. The number of anilines is 1. The maximum absolute atomic E-state index is 14.0.